The van der Waals surface area contributed by atoms with Gasteiger partial charge in [-0.3, -0.25) is 0 Å². The van der Waals surface area contributed by atoms with Crippen LogP contribution < -0.4 is 4.74 Å². The first-order valence-electron chi connectivity index (χ1n) is 4.57. The summed E-state index contributed by atoms with van der Waals surface area (Å²) in [6.07, 6.45) is 0. The molecule has 0 aromatic heterocycles. The molecule has 2 rings (SSSR count). The third-order valence-corrected chi connectivity index (χ3v) is 3.27. The Balaban J connectivity index is 2.47. The highest BCUT2D eigenvalue weighted by atomic mass is 32.2. The minimum Gasteiger partial charge on any atom is -0.491 e. The third kappa shape index (κ3) is 1.68. The highest BCUT2D eigenvalue weighted by molar-refractivity contribution is 8.00. The minimum atomic E-state index is 0.577. The van der Waals surface area contributed by atoms with Crippen molar-refractivity contribution in [3.8, 4) is 5.75 Å². The van der Waals surface area contributed by atoms with Gasteiger partial charge in [0.15, 0.2) is 0 Å². The van der Waals surface area contributed by atoms with Gasteiger partial charge < -0.3 is 4.74 Å². The molecule has 0 N–H and O–H groups in total. The van der Waals surface area contributed by atoms with E-state index >= 15 is 0 Å². The van der Waals surface area contributed by atoms with Crippen LogP contribution >= 0.6 is 11.8 Å². The number of hydrogen-bond donors (Lipinski definition) is 0. The average Bonchev–Trinajstić information content (AvgIpc) is 2.02. The molecule has 0 bridgehead atoms. The van der Waals surface area contributed by atoms with Gasteiger partial charge in [0.1, 0.15) is 12.4 Å². The van der Waals surface area contributed by atoms with Crippen molar-refractivity contribution in [1.29, 1.82) is 0 Å². The second kappa shape index (κ2) is 3.26. The maximum atomic E-state index is 5.70. The van der Waals surface area contributed by atoms with Gasteiger partial charge in [-0.2, -0.15) is 0 Å². The normalized spacial score (nSPS) is 20.7. The first-order valence-corrected chi connectivity index (χ1v) is 5.45. The van der Waals surface area contributed by atoms with Crippen LogP contribution in [-0.2, 0) is 0 Å². The van der Waals surface area contributed by atoms with Gasteiger partial charge in [0.05, 0.1) is 4.90 Å². The zero-order valence-electron chi connectivity index (χ0n) is 8.26. The van der Waals surface area contributed by atoms with E-state index in [0.717, 1.165) is 12.4 Å². The minimum absolute atomic E-state index is 0.577. The lowest BCUT2D eigenvalue weighted by atomic mass is 10.1. The average molecular weight is 194 g/mol. The quantitative estimate of drug-likeness (QED) is 0.627. The van der Waals surface area contributed by atoms with Crippen LogP contribution in [-0.4, -0.2) is 11.9 Å². The van der Waals surface area contributed by atoms with Crippen LogP contribution in [0.3, 0.4) is 0 Å². The largest absolute Gasteiger partial charge is 0.491 e. The van der Waals surface area contributed by atoms with Crippen molar-refractivity contribution in [3.05, 3.63) is 23.3 Å². The lowest BCUT2D eigenvalue weighted by Gasteiger charge is -2.23. The van der Waals surface area contributed by atoms with E-state index in [-0.39, 0.29) is 0 Å². The van der Waals surface area contributed by atoms with Gasteiger partial charge in [-0.25, -0.2) is 0 Å². The number of aryl methyl sites for hydroxylation is 2. The van der Waals surface area contributed by atoms with Gasteiger partial charge in [0, 0.05) is 5.25 Å². The SMILES string of the molecule is Cc1cc(C)c2c(c1)SC(C)CO2. The Kier molecular flexibility index (Phi) is 2.24. The molecule has 0 amide bonds. The molecule has 0 fully saturated rings. The Bertz CT molecular complexity index is 333. The van der Waals surface area contributed by atoms with Gasteiger partial charge in [0.25, 0.3) is 0 Å². The van der Waals surface area contributed by atoms with Crippen molar-refractivity contribution in [2.24, 2.45) is 0 Å². The molecule has 0 aliphatic carbocycles. The molecular weight excluding hydrogens is 180 g/mol. The first-order chi connectivity index (χ1) is 6.16. The predicted molar refractivity (Wildman–Crippen MR) is 56.7 cm³/mol. The molecule has 1 unspecified atom stereocenters. The number of benzene rings is 1. The summed E-state index contributed by atoms with van der Waals surface area (Å²) >= 11 is 1.92. The molecule has 0 radical (unpaired) electrons. The smallest absolute Gasteiger partial charge is 0.135 e. The molecule has 2 heteroatoms. The molecule has 0 spiro atoms. The molecule has 1 nitrogen and oxygen atoms in total. The Morgan fingerprint density at radius 2 is 2.15 bits per heavy atom. The predicted octanol–water partition coefficient (Wildman–Crippen LogP) is 3.18. The monoisotopic (exact) mass is 194 g/mol. The molecule has 0 saturated carbocycles. The summed E-state index contributed by atoms with van der Waals surface area (Å²) < 4.78 is 5.70. The fraction of sp³-hybridized carbons (Fsp3) is 0.455. The van der Waals surface area contributed by atoms with Crippen LogP contribution in [0.4, 0.5) is 0 Å². The summed E-state index contributed by atoms with van der Waals surface area (Å²) in [6, 6.07) is 4.39. The van der Waals surface area contributed by atoms with Crippen LogP contribution in [0.15, 0.2) is 17.0 Å². The highest BCUT2D eigenvalue weighted by Crippen LogP contribution is 2.39. The first kappa shape index (κ1) is 8.95. The zero-order valence-corrected chi connectivity index (χ0v) is 9.07. The Morgan fingerprint density at radius 3 is 2.92 bits per heavy atom. The van der Waals surface area contributed by atoms with E-state index in [9.17, 15) is 0 Å². The number of fused-ring (bicyclic) bond motifs is 1. The summed E-state index contributed by atoms with van der Waals surface area (Å²) in [5, 5.41) is 0.577. The number of rotatable bonds is 0. The van der Waals surface area contributed by atoms with Crippen LogP contribution in [0.5, 0.6) is 5.75 Å². The van der Waals surface area contributed by atoms with E-state index < -0.39 is 0 Å². The number of thioether (sulfide) groups is 1. The van der Waals surface area contributed by atoms with Gasteiger partial charge in [0.2, 0.25) is 0 Å². The lowest BCUT2D eigenvalue weighted by molar-refractivity contribution is 0.305. The van der Waals surface area contributed by atoms with Gasteiger partial charge in [-0.15, -0.1) is 11.8 Å². The van der Waals surface area contributed by atoms with Crippen LogP contribution in [0.1, 0.15) is 18.1 Å². The maximum Gasteiger partial charge on any atom is 0.135 e. The van der Waals surface area contributed by atoms with Crippen LogP contribution in [0.2, 0.25) is 0 Å². The van der Waals surface area contributed by atoms with Crippen molar-refractivity contribution in [3.63, 3.8) is 0 Å². The highest BCUT2D eigenvalue weighted by Gasteiger charge is 2.18. The maximum absolute atomic E-state index is 5.70. The van der Waals surface area contributed by atoms with Gasteiger partial charge in [-0.1, -0.05) is 6.07 Å². The fourth-order valence-electron chi connectivity index (χ4n) is 1.64. The zero-order chi connectivity index (χ0) is 9.42. The van der Waals surface area contributed by atoms with Crippen LogP contribution in [0, 0.1) is 13.8 Å². The summed E-state index contributed by atoms with van der Waals surface area (Å²) in [4.78, 5) is 1.30. The second-order valence-corrected chi connectivity index (χ2v) is 5.13. The molecule has 1 aromatic carbocycles. The van der Waals surface area contributed by atoms with Crippen molar-refractivity contribution < 1.29 is 4.74 Å². The molecule has 1 aromatic rings. The summed E-state index contributed by atoms with van der Waals surface area (Å²) in [7, 11) is 0. The van der Waals surface area contributed by atoms with E-state index in [4.69, 9.17) is 4.74 Å². The molecule has 13 heavy (non-hydrogen) atoms. The van der Waals surface area contributed by atoms with Crippen molar-refractivity contribution in [2.45, 2.75) is 30.9 Å². The Labute approximate surface area is 83.5 Å². The van der Waals surface area contributed by atoms with Crippen molar-refractivity contribution in [2.75, 3.05) is 6.61 Å². The van der Waals surface area contributed by atoms with Gasteiger partial charge in [-0.05, 0) is 38.0 Å². The summed E-state index contributed by atoms with van der Waals surface area (Å²) in [6.45, 7) is 7.28. The standard InChI is InChI=1S/C11H14OS/c1-7-4-8(2)11-10(5-7)13-9(3)6-12-11/h4-5,9H,6H2,1-3H3. The van der Waals surface area contributed by atoms with Crippen molar-refractivity contribution in [1.82, 2.24) is 0 Å². The molecule has 1 heterocycles. The van der Waals surface area contributed by atoms with E-state index in [2.05, 4.69) is 32.9 Å². The van der Waals surface area contributed by atoms with E-state index in [1.165, 1.54) is 16.0 Å². The van der Waals surface area contributed by atoms with Crippen LogP contribution in [0.25, 0.3) is 0 Å². The van der Waals surface area contributed by atoms with Crippen molar-refractivity contribution >= 4 is 11.8 Å². The third-order valence-electron chi connectivity index (χ3n) is 2.18. The molecule has 1 atom stereocenters. The summed E-state index contributed by atoms with van der Waals surface area (Å²) in [5.74, 6) is 1.09. The molecular formula is C11H14OS. The number of hydrogen-bond acceptors (Lipinski definition) is 2. The molecule has 0 saturated heterocycles. The van der Waals surface area contributed by atoms with E-state index in [0.29, 0.717) is 5.25 Å². The Morgan fingerprint density at radius 1 is 1.38 bits per heavy atom. The van der Waals surface area contributed by atoms with Gasteiger partial charge >= 0.3 is 0 Å². The summed E-state index contributed by atoms with van der Waals surface area (Å²) in [5.41, 5.74) is 2.58. The fourth-order valence-corrected chi connectivity index (χ4v) is 2.79. The topological polar surface area (TPSA) is 9.23 Å². The molecule has 1 aliphatic heterocycles. The lowest BCUT2D eigenvalue weighted by Crippen LogP contribution is -2.16. The number of ether oxygens (including phenoxy) is 1. The van der Waals surface area contributed by atoms with E-state index in [1.807, 2.05) is 11.8 Å². The molecule has 1 aliphatic rings. The second-order valence-electron chi connectivity index (χ2n) is 3.65. The molecule has 70 valence electrons. The van der Waals surface area contributed by atoms with E-state index in [1.54, 1.807) is 0 Å². The Hall–Kier alpha value is -0.630.